The van der Waals surface area contributed by atoms with Crippen LogP contribution in [0.1, 0.15) is 19.8 Å². The molecule has 3 nitrogen and oxygen atoms in total. The number of halogens is 1. The Morgan fingerprint density at radius 1 is 1.35 bits per heavy atom. The first-order chi connectivity index (χ1) is 8.13. The van der Waals surface area contributed by atoms with Gasteiger partial charge in [0.15, 0.2) is 0 Å². The molecule has 17 heavy (non-hydrogen) atoms. The van der Waals surface area contributed by atoms with Gasteiger partial charge in [-0.1, -0.05) is 22.9 Å². The number of nitrogens with one attached hydrogen (secondary N) is 2. The van der Waals surface area contributed by atoms with Crippen molar-refractivity contribution in [2.75, 3.05) is 11.9 Å². The van der Waals surface area contributed by atoms with E-state index in [0.717, 1.165) is 16.1 Å². The largest absolute Gasteiger partial charge is 0.325 e. The lowest BCUT2D eigenvalue weighted by atomic mass is 9.82. The molecule has 92 valence electrons. The van der Waals surface area contributed by atoms with Gasteiger partial charge in [-0.2, -0.15) is 0 Å². The fourth-order valence-electron chi connectivity index (χ4n) is 2.04. The van der Waals surface area contributed by atoms with E-state index in [1.807, 2.05) is 24.3 Å². The minimum atomic E-state index is 0.0203. The van der Waals surface area contributed by atoms with Gasteiger partial charge in [-0.25, -0.2) is 0 Å². The summed E-state index contributed by atoms with van der Waals surface area (Å²) < 4.78 is 1.01. The quantitative estimate of drug-likeness (QED) is 0.897. The number of hydrogen-bond donors (Lipinski definition) is 2. The second-order valence-electron chi connectivity index (χ2n) is 4.71. The Bertz CT molecular complexity index is 385. The lowest BCUT2D eigenvalue weighted by molar-refractivity contribution is -0.115. The number of rotatable bonds is 4. The molecule has 0 aliphatic heterocycles. The summed E-state index contributed by atoms with van der Waals surface area (Å²) in [4.78, 5) is 11.6. The van der Waals surface area contributed by atoms with Gasteiger partial charge in [0.25, 0.3) is 0 Å². The van der Waals surface area contributed by atoms with Crippen molar-refractivity contribution in [2.24, 2.45) is 5.92 Å². The Morgan fingerprint density at radius 2 is 2.00 bits per heavy atom. The predicted octanol–water partition coefficient (Wildman–Crippen LogP) is 2.78. The van der Waals surface area contributed by atoms with Gasteiger partial charge in [0.2, 0.25) is 5.91 Å². The molecule has 2 rings (SSSR count). The molecular formula is C13H17BrN2O. The van der Waals surface area contributed by atoms with Crippen LogP contribution < -0.4 is 10.6 Å². The predicted molar refractivity (Wildman–Crippen MR) is 73.0 cm³/mol. The molecule has 0 heterocycles. The highest BCUT2D eigenvalue weighted by Crippen LogP contribution is 2.25. The molecule has 0 aromatic heterocycles. The molecule has 1 fully saturated rings. The number of hydrogen-bond acceptors (Lipinski definition) is 2. The summed E-state index contributed by atoms with van der Waals surface area (Å²) in [5.41, 5.74) is 0.835. The summed E-state index contributed by atoms with van der Waals surface area (Å²) in [6.45, 7) is 2.63. The maximum Gasteiger partial charge on any atom is 0.238 e. The van der Waals surface area contributed by atoms with Crippen molar-refractivity contribution in [1.29, 1.82) is 0 Å². The summed E-state index contributed by atoms with van der Waals surface area (Å²) >= 11 is 3.36. The third-order valence-corrected chi connectivity index (χ3v) is 3.58. The Kier molecular flexibility index (Phi) is 4.18. The van der Waals surface area contributed by atoms with E-state index in [4.69, 9.17) is 0 Å². The second kappa shape index (κ2) is 5.65. The van der Waals surface area contributed by atoms with Crippen molar-refractivity contribution >= 4 is 27.5 Å². The summed E-state index contributed by atoms with van der Waals surface area (Å²) in [5, 5.41) is 6.12. The van der Waals surface area contributed by atoms with Gasteiger partial charge in [0.1, 0.15) is 0 Å². The fraction of sp³-hybridized carbons (Fsp3) is 0.462. The van der Waals surface area contributed by atoms with Gasteiger partial charge in [-0.05, 0) is 43.0 Å². The van der Waals surface area contributed by atoms with Crippen LogP contribution in [0.2, 0.25) is 0 Å². The highest BCUT2D eigenvalue weighted by Gasteiger charge is 2.24. The average molecular weight is 297 g/mol. The molecule has 0 atom stereocenters. The van der Waals surface area contributed by atoms with Crippen LogP contribution in [0.5, 0.6) is 0 Å². The minimum Gasteiger partial charge on any atom is -0.325 e. The van der Waals surface area contributed by atoms with Gasteiger partial charge in [0.05, 0.1) is 6.54 Å². The van der Waals surface area contributed by atoms with Crippen LogP contribution in [-0.4, -0.2) is 18.5 Å². The molecular weight excluding hydrogens is 280 g/mol. The third kappa shape index (κ3) is 3.82. The van der Waals surface area contributed by atoms with Crippen LogP contribution in [0.4, 0.5) is 5.69 Å². The summed E-state index contributed by atoms with van der Waals surface area (Å²) in [6, 6.07) is 8.12. The van der Waals surface area contributed by atoms with Crippen LogP contribution in [0.3, 0.4) is 0 Å². The molecule has 1 aliphatic carbocycles. The van der Waals surface area contributed by atoms with E-state index < -0.39 is 0 Å². The zero-order valence-electron chi connectivity index (χ0n) is 9.87. The number of anilines is 1. The van der Waals surface area contributed by atoms with E-state index in [-0.39, 0.29) is 5.91 Å². The molecule has 4 heteroatoms. The second-order valence-corrected chi connectivity index (χ2v) is 5.63. The number of carbonyl (C=O) groups is 1. The zero-order valence-corrected chi connectivity index (χ0v) is 11.5. The van der Waals surface area contributed by atoms with Gasteiger partial charge in [-0.3, -0.25) is 4.79 Å². The molecule has 1 amide bonds. The van der Waals surface area contributed by atoms with Crippen molar-refractivity contribution in [3.63, 3.8) is 0 Å². The maximum atomic E-state index is 11.6. The molecule has 0 saturated heterocycles. The first-order valence-corrected chi connectivity index (χ1v) is 6.71. The van der Waals surface area contributed by atoms with Crippen LogP contribution >= 0.6 is 15.9 Å². The van der Waals surface area contributed by atoms with Crippen molar-refractivity contribution in [3.05, 3.63) is 28.7 Å². The first-order valence-electron chi connectivity index (χ1n) is 5.92. The SMILES string of the molecule is CC1CC(NCC(=O)Nc2ccc(Br)cc2)C1. The van der Waals surface area contributed by atoms with Crippen molar-refractivity contribution in [1.82, 2.24) is 5.32 Å². The monoisotopic (exact) mass is 296 g/mol. The topological polar surface area (TPSA) is 41.1 Å². The maximum absolute atomic E-state index is 11.6. The summed E-state index contributed by atoms with van der Waals surface area (Å²) in [5.74, 6) is 0.828. The summed E-state index contributed by atoms with van der Waals surface area (Å²) in [6.07, 6.45) is 2.37. The molecule has 0 spiro atoms. The Morgan fingerprint density at radius 3 is 2.59 bits per heavy atom. The normalized spacial score (nSPS) is 22.9. The Balaban J connectivity index is 1.71. The van der Waals surface area contributed by atoms with Gasteiger partial charge in [-0.15, -0.1) is 0 Å². The van der Waals surface area contributed by atoms with E-state index in [1.165, 1.54) is 12.8 Å². The number of benzene rings is 1. The molecule has 0 unspecified atom stereocenters. The van der Waals surface area contributed by atoms with E-state index in [1.54, 1.807) is 0 Å². The lowest BCUT2D eigenvalue weighted by Gasteiger charge is -2.33. The van der Waals surface area contributed by atoms with E-state index in [2.05, 4.69) is 33.5 Å². The highest BCUT2D eigenvalue weighted by atomic mass is 79.9. The van der Waals surface area contributed by atoms with Crippen LogP contribution in [0.15, 0.2) is 28.7 Å². The first kappa shape index (κ1) is 12.6. The van der Waals surface area contributed by atoms with Gasteiger partial charge in [0, 0.05) is 16.2 Å². The van der Waals surface area contributed by atoms with Crippen molar-refractivity contribution < 1.29 is 4.79 Å². The zero-order chi connectivity index (χ0) is 12.3. The van der Waals surface area contributed by atoms with Crippen LogP contribution in [0, 0.1) is 5.92 Å². The third-order valence-electron chi connectivity index (χ3n) is 3.05. The standard InChI is InChI=1S/C13H17BrN2O/c1-9-6-12(7-9)15-8-13(17)16-11-4-2-10(14)3-5-11/h2-5,9,12,15H,6-8H2,1H3,(H,16,17). The van der Waals surface area contributed by atoms with Crippen molar-refractivity contribution in [2.45, 2.75) is 25.8 Å². The molecule has 2 N–H and O–H groups in total. The molecule has 1 aromatic carbocycles. The Labute approximate surface area is 110 Å². The van der Waals surface area contributed by atoms with E-state index in [9.17, 15) is 4.79 Å². The molecule has 1 aromatic rings. The van der Waals surface area contributed by atoms with E-state index >= 15 is 0 Å². The van der Waals surface area contributed by atoms with Gasteiger partial charge >= 0.3 is 0 Å². The van der Waals surface area contributed by atoms with Gasteiger partial charge < -0.3 is 10.6 Å². The lowest BCUT2D eigenvalue weighted by Crippen LogP contribution is -2.43. The fourth-order valence-corrected chi connectivity index (χ4v) is 2.31. The average Bonchev–Trinajstić information content (AvgIpc) is 2.26. The van der Waals surface area contributed by atoms with Crippen LogP contribution in [0.25, 0.3) is 0 Å². The molecule has 0 bridgehead atoms. The minimum absolute atomic E-state index is 0.0203. The summed E-state index contributed by atoms with van der Waals surface area (Å²) in [7, 11) is 0. The number of carbonyl (C=O) groups excluding carboxylic acids is 1. The highest BCUT2D eigenvalue weighted by molar-refractivity contribution is 9.10. The smallest absolute Gasteiger partial charge is 0.238 e. The Hall–Kier alpha value is -0.870. The molecule has 1 saturated carbocycles. The van der Waals surface area contributed by atoms with Crippen LogP contribution in [-0.2, 0) is 4.79 Å². The number of amides is 1. The van der Waals surface area contributed by atoms with E-state index in [0.29, 0.717) is 12.6 Å². The molecule has 0 radical (unpaired) electrons. The van der Waals surface area contributed by atoms with Crippen molar-refractivity contribution in [3.8, 4) is 0 Å². The molecule has 1 aliphatic rings.